The number of aliphatic hydroxyl groups excluding tert-OH is 1. The molecule has 0 aromatic rings. The number of ketones is 2. The van der Waals surface area contributed by atoms with Gasteiger partial charge in [0.2, 0.25) is 0 Å². The van der Waals surface area contributed by atoms with E-state index in [4.69, 9.17) is 14.4 Å². The number of allylic oxidation sites excluding steroid dienone is 4. The molecular weight excluding hydrogens is 424 g/mol. The maximum atomic E-state index is 13.2. The van der Waals surface area contributed by atoms with Crippen molar-refractivity contribution >= 4 is 11.6 Å². The van der Waals surface area contributed by atoms with Crippen LogP contribution in [0.15, 0.2) is 23.8 Å². The molecule has 9 atom stereocenters. The number of ether oxygens (including phenoxy) is 2. The fraction of sp³-hybridized carbons (Fsp3) is 0.769. The molecule has 7 nitrogen and oxygen atoms in total. The van der Waals surface area contributed by atoms with Crippen molar-refractivity contribution in [1.82, 2.24) is 0 Å². The van der Waals surface area contributed by atoms with Gasteiger partial charge in [0.1, 0.15) is 12.2 Å². The van der Waals surface area contributed by atoms with Gasteiger partial charge in [-0.3, -0.25) is 14.8 Å². The van der Waals surface area contributed by atoms with Crippen LogP contribution in [-0.4, -0.2) is 52.6 Å². The predicted molar refractivity (Wildman–Crippen MR) is 119 cm³/mol. The molecule has 3 saturated carbocycles. The van der Waals surface area contributed by atoms with Gasteiger partial charge >= 0.3 is 0 Å². The number of carbonyl (C=O) groups is 2. The molecule has 182 valence electrons. The first-order valence-electron chi connectivity index (χ1n) is 12.1. The van der Waals surface area contributed by atoms with Crippen molar-refractivity contribution in [1.29, 1.82) is 0 Å². The average molecular weight is 461 g/mol. The van der Waals surface area contributed by atoms with E-state index < -0.39 is 40.3 Å². The minimum atomic E-state index is -1.13. The summed E-state index contributed by atoms with van der Waals surface area (Å²) in [6.07, 6.45) is 4.99. The van der Waals surface area contributed by atoms with E-state index >= 15 is 0 Å². The highest BCUT2D eigenvalue weighted by atomic mass is 17.1. The molecular formula is C26H36O7. The minimum absolute atomic E-state index is 0.000727. The Labute approximate surface area is 195 Å². The molecule has 2 N–H and O–H groups in total. The van der Waals surface area contributed by atoms with Crippen LogP contribution < -0.4 is 0 Å². The smallest absolute Gasteiger partial charge is 0.178 e. The second-order valence-electron chi connectivity index (χ2n) is 12.1. The van der Waals surface area contributed by atoms with Crippen molar-refractivity contribution in [2.24, 2.45) is 33.5 Å². The largest absolute Gasteiger partial charge is 0.384 e. The molecule has 0 radical (unpaired) electrons. The van der Waals surface area contributed by atoms with Crippen LogP contribution in [0, 0.1) is 33.5 Å². The van der Waals surface area contributed by atoms with Crippen molar-refractivity contribution in [3.05, 3.63) is 23.8 Å². The Morgan fingerprint density at radius 3 is 2.36 bits per heavy atom. The molecule has 0 aromatic heterocycles. The van der Waals surface area contributed by atoms with Crippen molar-refractivity contribution < 1.29 is 34.3 Å². The second-order valence-corrected chi connectivity index (χ2v) is 12.1. The standard InChI is InChI=1S/C26H36O7/c1-14-23(4)9-7-15-11-16(27)8-10-24(15,5)19(23)17(33-30)12-25(14,6)26(20(28)21(26)29)18-13-31-22(2,3)32-18/h8,10-11,14,17-20,28,30H,7,9,12-13H2,1-6H3/t14?,17?,18-,19?,20?,23+,24+,25+,26+/m1/s1. The van der Waals surface area contributed by atoms with Crippen molar-refractivity contribution in [3.63, 3.8) is 0 Å². The summed E-state index contributed by atoms with van der Waals surface area (Å²) < 4.78 is 12.0. The monoisotopic (exact) mass is 460 g/mol. The molecule has 0 aromatic carbocycles. The Bertz CT molecular complexity index is 968. The fourth-order valence-electron chi connectivity index (χ4n) is 8.50. The van der Waals surface area contributed by atoms with E-state index in [1.54, 1.807) is 12.2 Å². The SMILES string of the molecule is CC1[C@]2(C)CCC3=CC(=O)C=C[C@]3(C)C2C(OO)C[C@]1(C)[C@]1([C@H]2COC(C)(C)O2)C(=O)C1O. The number of fused-ring (bicyclic) bond motifs is 3. The van der Waals surface area contributed by atoms with E-state index in [1.807, 2.05) is 26.8 Å². The van der Waals surface area contributed by atoms with E-state index in [1.165, 1.54) is 0 Å². The van der Waals surface area contributed by atoms with Gasteiger partial charge in [-0.2, -0.15) is 0 Å². The van der Waals surface area contributed by atoms with Gasteiger partial charge in [-0.15, -0.1) is 0 Å². The summed E-state index contributed by atoms with van der Waals surface area (Å²) in [6.45, 7) is 12.4. The van der Waals surface area contributed by atoms with Crippen LogP contribution in [0.5, 0.6) is 0 Å². The first-order valence-corrected chi connectivity index (χ1v) is 12.1. The first kappa shape index (κ1) is 23.4. The van der Waals surface area contributed by atoms with Crippen LogP contribution >= 0.6 is 0 Å². The van der Waals surface area contributed by atoms with Crippen molar-refractivity contribution in [3.8, 4) is 0 Å². The van der Waals surface area contributed by atoms with E-state index in [-0.39, 0.29) is 35.4 Å². The number of hydrogen-bond donors (Lipinski definition) is 2. The van der Waals surface area contributed by atoms with Gasteiger partial charge in [-0.1, -0.05) is 39.3 Å². The summed E-state index contributed by atoms with van der Waals surface area (Å²) in [5, 5.41) is 21.1. The highest BCUT2D eigenvalue weighted by Gasteiger charge is 2.82. The molecule has 4 fully saturated rings. The zero-order chi connectivity index (χ0) is 24.2. The van der Waals surface area contributed by atoms with E-state index in [2.05, 4.69) is 20.8 Å². The molecule has 7 heteroatoms. The van der Waals surface area contributed by atoms with Crippen LogP contribution in [0.3, 0.4) is 0 Å². The molecule has 1 saturated heterocycles. The summed E-state index contributed by atoms with van der Waals surface area (Å²) >= 11 is 0. The van der Waals surface area contributed by atoms with Gasteiger partial charge in [0.15, 0.2) is 17.4 Å². The van der Waals surface area contributed by atoms with Gasteiger partial charge in [0.25, 0.3) is 0 Å². The first-order chi connectivity index (χ1) is 15.3. The van der Waals surface area contributed by atoms with Gasteiger partial charge in [0, 0.05) is 11.3 Å². The summed E-state index contributed by atoms with van der Waals surface area (Å²) in [5.74, 6) is -1.15. The predicted octanol–water partition coefficient (Wildman–Crippen LogP) is 3.46. The lowest BCUT2D eigenvalue weighted by molar-refractivity contribution is -0.337. The molecule has 5 rings (SSSR count). The number of carbonyl (C=O) groups excluding carboxylic acids is 2. The lowest BCUT2D eigenvalue weighted by Crippen LogP contribution is -2.64. The van der Waals surface area contributed by atoms with Gasteiger partial charge in [-0.25, -0.2) is 4.89 Å². The Kier molecular flexibility index (Phi) is 4.85. The maximum Gasteiger partial charge on any atom is 0.178 e. The number of hydrogen-bond acceptors (Lipinski definition) is 7. The minimum Gasteiger partial charge on any atom is -0.384 e. The number of Topliss-reactive ketones (excluding diaryl/α,β-unsaturated/α-hetero) is 1. The number of aliphatic hydroxyl groups is 1. The second kappa shape index (κ2) is 6.85. The van der Waals surface area contributed by atoms with Gasteiger partial charge in [0.05, 0.1) is 18.1 Å². The highest BCUT2D eigenvalue weighted by Crippen LogP contribution is 2.74. The normalized spacial score (nSPS) is 52.8. The zero-order valence-electron chi connectivity index (χ0n) is 20.4. The quantitative estimate of drug-likeness (QED) is 0.491. The topological polar surface area (TPSA) is 102 Å². The summed E-state index contributed by atoms with van der Waals surface area (Å²) in [5.41, 5.74) is -1.48. The average Bonchev–Trinajstić information content (AvgIpc) is 3.10. The van der Waals surface area contributed by atoms with Crippen molar-refractivity contribution in [2.45, 2.75) is 84.9 Å². The van der Waals surface area contributed by atoms with Gasteiger partial charge < -0.3 is 14.6 Å². The third-order valence-corrected chi connectivity index (χ3v) is 10.4. The lowest BCUT2D eigenvalue weighted by Gasteiger charge is -2.65. The third kappa shape index (κ3) is 2.74. The Hall–Kier alpha value is -1.38. The van der Waals surface area contributed by atoms with E-state index in [9.17, 15) is 20.0 Å². The number of rotatable bonds is 3. The van der Waals surface area contributed by atoms with Crippen LogP contribution in [0.2, 0.25) is 0 Å². The lowest BCUT2D eigenvalue weighted by atomic mass is 9.39. The van der Waals surface area contributed by atoms with E-state index in [0.717, 1.165) is 18.4 Å². The van der Waals surface area contributed by atoms with Gasteiger partial charge in [-0.05, 0) is 62.0 Å². The molecule has 0 amide bonds. The third-order valence-electron chi connectivity index (χ3n) is 10.4. The molecule has 5 aliphatic rings. The molecule has 4 aliphatic carbocycles. The van der Waals surface area contributed by atoms with E-state index in [0.29, 0.717) is 6.42 Å². The molecule has 0 bridgehead atoms. The zero-order valence-corrected chi connectivity index (χ0v) is 20.4. The maximum absolute atomic E-state index is 13.2. The molecule has 1 heterocycles. The molecule has 0 spiro atoms. The Balaban J connectivity index is 1.61. The summed E-state index contributed by atoms with van der Waals surface area (Å²) in [6, 6.07) is 0. The summed E-state index contributed by atoms with van der Waals surface area (Å²) in [7, 11) is 0. The molecule has 33 heavy (non-hydrogen) atoms. The van der Waals surface area contributed by atoms with Crippen LogP contribution in [0.4, 0.5) is 0 Å². The van der Waals surface area contributed by atoms with Crippen LogP contribution in [0.25, 0.3) is 0 Å². The Morgan fingerprint density at radius 2 is 1.82 bits per heavy atom. The Morgan fingerprint density at radius 1 is 1.15 bits per heavy atom. The van der Waals surface area contributed by atoms with Crippen molar-refractivity contribution in [2.75, 3.05) is 6.61 Å². The summed E-state index contributed by atoms with van der Waals surface area (Å²) in [4.78, 5) is 30.5. The molecule has 1 aliphatic heterocycles. The molecule has 4 unspecified atom stereocenters. The van der Waals surface area contributed by atoms with Crippen LogP contribution in [0.1, 0.15) is 60.8 Å². The highest BCUT2D eigenvalue weighted by molar-refractivity contribution is 6.08. The van der Waals surface area contributed by atoms with Crippen LogP contribution in [-0.2, 0) is 24.0 Å². The fourth-order valence-corrected chi connectivity index (χ4v) is 8.50.